The zero-order valence-electron chi connectivity index (χ0n) is 8.08. The third kappa shape index (κ3) is 1.73. The van der Waals surface area contributed by atoms with Gasteiger partial charge < -0.3 is 5.43 Å². The highest BCUT2D eigenvalue weighted by molar-refractivity contribution is 7.13. The van der Waals surface area contributed by atoms with Crippen molar-refractivity contribution >= 4 is 22.7 Å². The van der Waals surface area contributed by atoms with Crippen molar-refractivity contribution in [3.8, 4) is 10.6 Å². The fourth-order valence-electron chi connectivity index (χ4n) is 1.38. The van der Waals surface area contributed by atoms with Crippen LogP contribution in [0.4, 0.5) is 11.4 Å². The molecule has 0 fully saturated rings. The highest BCUT2D eigenvalue weighted by atomic mass is 32.1. The van der Waals surface area contributed by atoms with Gasteiger partial charge in [0, 0.05) is 17.6 Å². The summed E-state index contributed by atoms with van der Waals surface area (Å²) >= 11 is 1.33. The Kier molecular flexibility index (Phi) is 2.80. The molecule has 0 unspecified atom stereocenters. The van der Waals surface area contributed by atoms with Gasteiger partial charge in [-0.1, -0.05) is 6.07 Å². The first-order valence-electron chi connectivity index (χ1n) is 4.38. The molecule has 0 aliphatic heterocycles. The fraction of sp³-hybridized carbons (Fsp3) is 0. The van der Waals surface area contributed by atoms with Gasteiger partial charge in [0.15, 0.2) is 0 Å². The predicted octanol–water partition coefficient (Wildman–Crippen LogP) is 2.00. The molecule has 1 aromatic heterocycles. The van der Waals surface area contributed by atoms with E-state index in [9.17, 15) is 10.1 Å². The van der Waals surface area contributed by atoms with Crippen molar-refractivity contribution < 1.29 is 4.92 Å². The van der Waals surface area contributed by atoms with E-state index < -0.39 is 4.92 Å². The van der Waals surface area contributed by atoms with Gasteiger partial charge in [0.1, 0.15) is 10.6 Å². The highest BCUT2D eigenvalue weighted by Gasteiger charge is 2.20. The molecule has 0 amide bonds. The van der Waals surface area contributed by atoms with Crippen LogP contribution in [0, 0.1) is 10.1 Å². The number of nitro groups is 1. The number of nitrogens with two attached hydrogens (primary N) is 1. The summed E-state index contributed by atoms with van der Waals surface area (Å²) in [5.74, 6) is 5.33. The molecule has 7 heteroatoms. The van der Waals surface area contributed by atoms with Crippen molar-refractivity contribution in [3.05, 3.63) is 39.9 Å². The molecule has 0 bridgehead atoms. The lowest BCUT2D eigenvalue weighted by molar-refractivity contribution is -0.384. The zero-order valence-corrected chi connectivity index (χ0v) is 8.90. The van der Waals surface area contributed by atoms with E-state index in [1.54, 1.807) is 23.7 Å². The monoisotopic (exact) mass is 236 g/mol. The maximum atomic E-state index is 10.9. The molecule has 0 aliphatic carbocycles. The summed E-state index contributed by atoms with van der Waals surface area (Å²) in [5, 5.41) is 13.2. The molecule has 3 N–H and O–H groups in total. The Morgan fingerprint density at radius 2 is 2.31 bits per heavy atom. The number of benzene rings is 1. The van der Waals surface area contributed by atoms with E-state index in [1.807, 2.05) is 0 Å². The average molecular weight is 236 g/mol. The van der Waals surface area contributed by atoms with E-state index in [0.29, 0.717) is 16.3 Å². The number of hydrazine groups is 1. The normalized spacial score (nSPS) is 10.1. The molecular weight excluding hydrogens is 228 g/mol. The molecule has 0 spiro atoms. The summed E-state index contributed by atoms with van der Waals surface area (Å²) in [6.07, 6.45) is 1.59. The minimum absolute atomic E-state index is 0.00889. The number of nitrogens with zero attached hydrogens (tertiary/aromatic N) is 2. The summed E-state index contributed by atoms with van der Waals surface area (Å²) in [4.78, 5) is 14.5. The number of nitrogens with one attached hydrogen (secondary N) is 1. The number of nitrogen functional groups attached to an aromatic ring is 1. The summed E-state index contributed by atoms with van der Waals surface area (Å²) in [5.41, 5.74) is 3.34. The molecule has 0 saturated carbocycles. The largest absolute Gasteiger partial charge is 0.323 e. The summed E-state index contributed by atoms with van der Waals surface area (Å²) < 4.78 is 0. The third-order valence-electron chi connectivity index (χ3n) is 2.04. The second-order valence-electron chi connectivity index (χ2n) is 2.94. The number of rotatable bonds is 3. The number of nitro benzene ring substituents is 1. The number of aromatic nitrogens is 1. The Morgan fingerprint density at radius 3 is 2.88 bits per heavy atom. The third-order valence-corrected chi connectivity index (χ3v) is 2.83. The van der Waals surface area contributed by atoms with E-state index in [1.165, 1.54) is 17.4 Å². The van der Waals surface area contributed by atoms with E-state index in [2.05, 4.69) is 10.4 Å². The molecule has 0 aliphatic rings. The van der Waals surface area contributed by atoms with Gasteiger partial charge in [-0.3, -0.25) is 16.0 Å². The predicted molar refractivity (Wildman–Crippen MR) is 62.0 cm³/mol. The molecular formula is C9H8N4O2S. The van der Waals surface area contributed by atoms with Crippen molar-refractivity contribution in [2.45, 2.75) is 0 Å². The smallest absolute Gasteiger partial charge is 0.281 e. The van der Waals surface area contributed by atoms with Crippen LogP contribution in [0.2, 0.25) is 0 Å². The Morgan fingerprint density at radius 1 is 1.50 bits per heavy atom. The van der Waals surface area contributed by atoms with Crippen LogP contribution in [0.15, 0.2) is 29.8 Å². The van der Waals surface area contributed by atoms with Crippen molar-refractivity contribution in [2.24, 2.45) is 5.84 Å². The number of thiazole rings is 1. The molecule has 0 atom stereocenters. The van der Waals surface area contributed by atoms with Gasteiger partial charge in [-0.05, 0) is 6.07 Å². The van der Waals surface area contributed by atoms with E-state index in [-0.39, 0.29) is 5.69 Å². The van der Waals surface area contributed by atoms with Gasteiger partial charge in [-0.25, -0.2) is 4.98 Å². The van der Waals surface area contributed by atoms with Crippen LogP contribution in [0.3, 0.4) is 0 Å². The number of hydrogen-bond acceptors (Lipinski definition) is 6. The standard InChI is InChI=1S/C9H8N4O2S/c10-12-6-2-1-3-7(13(14)15)8(6)9-11-4-5-16-9/h1-5,12H,10H2. The second kappa shape index (κ2) is 4.25. The lowest BCUT2D eigenvalue weighted by atomic mass is 10.1. The Labute approximate surface area is 94.9 Å². The lowest BCUT2D eigenvalue weighted by Crippen LogP contribution is -2.08. The molecule has 2 rings (SSSR count). The van der Waals surface area contributed by atoms with Gasteiger partial charge in [0.05, 0.1) is 10.6 Å². The van der Waals surface area contributed by atoms with E-state index in [0.717, 1.165) is 0 Å². The van der Waals surface area contributed by atoms with E-state index >= 15 is 0 Å². The first kappa shape index (κ1) is 10.5. The lowest BCUT2D eigenvalue weighted by Gasteiger charge is -2.06. The van der Waals surface area contributed by atoms with Crippen molar-refractivity contribution in [1.82, 2.24) is 4.98 Å². The molecule has 6 nitrogen and oxygen atoms in total. The molecule has 1 aromatic carbocycles. The van der Waals surface area contributed by atoms with Gasteiger partial charge in [-0.2, -0.15) is 0 Å². The highest BCUT2D eigenvalue weighted by Crippen LogP contribution is 2.36. The van der Waals surface area contributed by atoms with Crippen LogP contribution in [-0.4, -0.2) is 9.91 Å². The summed E-state index contributed by atoms with van der Waals surface area (Å²) in [6, 6.07) is 4.67. The maximum absolute atomic E-state index is 10.9. The molecule has 0 radical (unpaired) electrons. The van der Waals surface area contributed by atoms with Crippen LogP contribution in [0.25, 0.3) is 10.6 Å². The van der Waals surface area contributed by atoms with Gasteiger partial charge >= 0.3 is 0 Å². The second-order valence-corrected chi connectivity index (χ2v) is 3.83. The van der Waals surface area contributed by atoms with Gasteiger partial charge in [-0.15, -0.1) is 11.3 Å². The van der Waals surface area contributed by atoms with E-state index in [4.69, 9.17) is 5.84 Å². The van der Waals surface area contributed by atoms with Crippen LogP contribution >= 0.6 is 11.3 Å². The van der Waals surface area contributed by atoms with Crippen molar-refractivity contribution in [1.29, 1.82) is 0 Å². The Bertz CT molecular complexity index is 512. The first-order valence-corrected chi connectivity index (χ1v) is 5.26. The van der Waals surface area contributed by atoms with Crippen LogP contribution < -0.4 is 11.3 Å². The zero-order chi connectivity index (χ0) is 11.5. The summed E-state index contributed by atoms with van der Waals surface area (Å²) in [7, 11) is 0. The summed E-state index contributed by atoms with van der Waals surface area (Å²) in [6.45, 7) is 0. The van der Waals surface area contributed by atoms with Crippen molar-refractivity contribution in [3.63, 3.8) is 0 Å². The molecule has 0 saturated heterocycles. The first-order chi connectivity index (χ1) is 7.74. The van der Waals surface area contributed by atoms with Crippen LogP contribution in [-0.2, 0) is 0 Å². The maximum Gasteiger partial charge on any atom is 0.281 e. The van der Waals surface area contributed by atoms with Crippen LogP contribution in [0.5, 0.6) is 0 Å². The van der Waals surface area contributed by atoms with Gasteiger partial charge in [0.2, 0.25) is 0 Å². The number of hydrogen-bond donors (Lipinski definition) is 2. The quantitative estimate of drug-likeness (QED) is 0.483. The van der Waals surface area contributed by atoms with Gasteiger partial charge in [0.25, 0.3) is 5.69 Å². The van der Waals surface area contributed by atoms with Crippen LogP contribution in [0.1, 0.15) is 0 Å². The minimum atomic E-state index is -0.447. The molecule has 16 heavy (non-hydrogen) atoms. The SMILES string of the molecule is NNc1cccc([N+](=O)[O-])c1-c1nccs1. The minimum Gasteiger partial charge on any atom is -0.323 e. The molecule has 2 aromatic rings. The fourth-order valence-corrected chi connectivity index (χ4v) is 2.09. The molecule has 1 heterocycles. The molecule has 82 valence electrons. The Hall–Kier alpha value is -1.99. The Balaban J connectivity index is 2.68. The number of anilines is 1. The van der Waals surface area contributed by atoms with Crippen molar-refractivity contribution in [2.75, 3.05) is 5.43 Å². The average Bonchev–Trinajstić information content (AvgIpc) is 2.81. The topological polar surface area (TPSA) is 94.1 Å².